The molecule has 2 rings (SSSR count). The van der Waals surface area contributed by atoms with Crippen LogP contribution in [-0.2, 0) is 11.3 Å². The molecule has 1 unspecified atom stereocenters. The van der Waals surface area contributed by atoms with Crippen LogP contribution in [0.4, 0.5) is 5.69 Å². The third kappa shape index (κ3) is 4.74. The van der Waals surface area contributed by atoms with E-state index >= 15 is 0 Å². The molecule has 1 aromatic rings. The molecule has 1 amide bonds. The third-order valence-electron chi connectivity index (χ3n) is 3.71. The van der Waals surface area contributed by atoms with Gasteiger partial charge in [-0.25, -0.2) is 0 Å². The largest absolute Gasteiger partial charge is 0.399 e. The summed E-state index contributed by atoms with van der Waals surface area (Å²) in [6.07, 6.45) is 2.35. The topological polar surface area (TPSA) is 58.4 Å². The molecule has 1 atom stereocenters. The van der Waals surface area contributed by atoms with Gasteiger partial charge in [0.1, 0.15) is 0 Å². The van der Waals surface area contributed by atoms with E-state index in [2.05, 4.69) is 16.3 Å². The van der Waals surface area contributed by atoms with E-state index in [1.807, 2.05) is 45.9 Å². The van der Waals surface area contributed by atoms with Gasteiger partial charge in [0.15, 0.2) is 0 Å². The molecule has 0 bridgehead atoms. The maximum Gasteiger partial charge on any atom is 0.237 e. The van der Waals surface area contributed by atoms with Crippen LogP contribution in [0.15, 0.2) is 24.3 Å². The number of nitrogens with two attached hydrogens (primary N) is 1. The molecule has 4 heteroatoms. The van der Waals surface area contributed by atoms with Gasteiger partial charge in [-0.2, -0.15) is 0 Å². The Bertz CT molecular complexity index is 503. The summed E-state index contributed by atoms with van der Waals surface area (Å²) in [6, 6.07) is 8.31. The number of hydrogen-bond acceptors (Lipinski definition) is 3. The van der Waals surface area contributed by atoms with E-state index in [0.29, 0.717) is 6.04 Å². The highest BCUT2D eigenvalue weighted by atomic mass is 16.2. The summed E-state index contributed by atoms with van der Waals surface area (Å²) in [5.41, 5.74) is 7.59. The lowest BCUT2D eigenvalue weighted by Crippen LogP contribution is -2.51. The average molecular weight is 289 g/mol. The summed E-state index contributed by atoms with van der Waals surface area (Å²) in [4.78, 5) is 14.7. The molecule has 0 saturated heterocycles. The Balaban J connectivity index is 2.06. The quantitative estimate of drug-likeness (QED) is 0.819. The number of nitrogens with zero attached hydrogens (tertiary/aromatic N) is 1. The van der Waals surface area contributed by atoms with Crippen molar-refractivity contribution in [1.29, 1.82) is 0 Å². The Morgan fingerprint density at radius 3 is 2.62 bits per heavy atom. The van der Waals surface area contributed by atoms with Crippen molar-refractivity contribution < 1.29 is 4.79 Å². The van der Waals surface area contributed by atoms with Crippen LogP contribution in [0.5, 0.6) is 0 Å². The number of anilines is 1. The first-order chi connectivity index (χ1) is 9.76. The van der Waals surface area contributed by atoms with Gasteiger partial charge in [-0.15, -0.1) is 0 Å². The number of benzene rings is 1. The van der Waals surface area contributed by atoms with Crippen LogP contribution >= 0.6 is 0 Å². The molecule has 116 valence electrons. The zero-order chi connectivity index (χ0) is 15.6. The lowest BCUT2D eigenvalue weighted by atomic mass is 10.1. The molecular weight excluding hydrogens is 262 g/mol. The number of hydrogen-bond donors (Lipinski definition) is 2. The first-order valence-electron chi connectivity index (χ1n) is 7.68. The van der Waals surface area contributed by atoms with Crippen molar-refractivity contribution >= 4 is 11.6 Å². The van der Waals surface area contributed by atoms with E-state index in [9.17, 15) is 4.79 Å². The van der Waals surface area contributed by atoms with E-state index in [4.69, 9.17) is 5.73 Å². The van der Waals surface area contributed by atoms with Crippen molar-refractivity contribution in [3.63, 3.8) is 0 Å². The van der Waals surface area contributed by atoms with Gasteiger partial charge in [0.05, 0.1) is 6.04 Å². The highest BCUT2D eigenvalue weighted by molar-refractivity contribution is 5.82. The molecule has 1 aliphatic carbocycles. The molecule has 0 aliphatic heterocycles. The second-order valence-electron chi connectivity index (χ2n) is 7.06. The molecular formula is C17H27N3O. The zero-order valence-electron chi connectivity index (χ0n) is 13.5. The van der Waals surface area contributed by atoms with Crippen LogP contribution in [0.1, 0.15) is 46.1 Å². The molecule has 21 heavy (non-hydrogen) atoms. The van der Waals surface area contributed by atoms with Crippen molar-refractivity contribution in [3.8, 4) is 0 Å². The summed E-state index contributed by atoms with van der Waals surface area (Å²) in [5, 5.41) is 3.07. The number of nitrogens with one attached hydrogen (secondary N) is 1. The highest BCUT2D eigenvalue weighted by Gasteiger charge is 2.35. The lowest BCUT2D eigenvalue weighted by molar-refractivity contribution is -0.127. The number of carbonyl (C=O) groups excluding carboxylic acids is 1. The first kappa shape index (κ1) is 15.8. The smallest absolute Gasteiger partial charge is 0.237 e. The van der Waals surface area contributed by atoms with Crippen LogP contribution in [0, 0.1) is 0 Å². The molecule has 1 aromatic carbocycles. The molecule has 1 fully saturated rings. The maximum absolute atomic E-state index is 12.4. The number of amides is 1. The standard InChI is InChI=1S/C17H27N3O/c1-12(16(21)19-17(2,3)4)20(15-8-9-15)11-13-6-5-7-14(18)10-13/h5-7,10,12,15H,8-9,11,18H2,1-4H3,(H,19,21). The minimum Gasteiger partial charge on any atom is -0.399 e. The van der Waals surface area contributed by atoms with Gasteiger partial charge in [-0.3, -0.25) is 9.69 Å². The van der Waals surface area contributed by atoms with E-state index < -0.39 is 0 Å². The Kier molecular flexibility index (Phi) is 4.57. The van der Waals surface area contributed by atoms with E-state index in [1.165, 1.54) is 12.8 Å². The van der Waals surface area contributed by atoms with Gasteiger partial charge in [0.2, 0.25) is 5.91 Å². The van der Waals surface area contributed by atoms with Crippen molar-refractivity contribution in [2.45, 2.75) is 64.7 Å². The minimum absolute atomic E-state index is 0.0957. The normalized spacial score (nSPS) is 16.8. The molecule has 0 aromatic heterocycles. The van der Waals surface area contributed by atoms with Crippen molar-refractivity contribution in [2.24, 2.45) is 0 Å². The van der Waals surface area contributed by atoms with Gasteiger partial charge in [-0.1, -0.05) is 12.1 Å². The van der Waals surface area contributed by atoms with Crippen molar-refractivity contribution in [3.05, 3.63) is 29.8 Å². The van der Waals surface area contributed by atoms with Gasteiger partial charge < -0.3 is 11.1 Å². The fourth-order valence-corrected chi connectivity index (χ4v) is 2.52. The summed E-state index contributed by atoms with van der Waals surface area (Å²) < 4.78 is 0. The first-order valence-corrected chi connectivity index (χ1v) is 7.68. The summed E-state index contributed by atoms with van der Waals surface area (Å²) >= 11 is 0. The Labute approximate surface area is 127 Å². The van der Waals surface area contributed by atoms with Gasteiger partial charge >= 0.3 is 0 Å². The fraction of sp³-hybridized carbons (Fsp3) is 0.588. The molecule has 0 spiro atoms. The van der Waals surface area contributed by atoms with Gasteiger partial charge in [0.25, 0.3) is 0 Å². The maximum atomic E-state index is 12.4. The second-order valence-corrected chi connectivity index (χ2v) is 7.06. The summed E-state index contributed by atoms with van der Waals surface area (Å²) in [7, 11) is 0. The van der Waals surface area contributed by atoms with E-state index in [-0.39, 0.29) is 17.5 Å². The number of carbonyl (C=O) groups is 1. The van der Waals surface area contributed by atoms with Crippen LogP contribution in [0.25, 0.3) is 0 Å². The summed E-state index contributed by atoms with van der Waals surface area (Å²) in [6.45, 7) is 8.80. The van der Waals surface area contributed by atoms with Crippen LogP contribution < -0.4 is 11.1 Å². The number of nitrogen functional groups attached to an aromatic ring is 1. The van der Waals surface area contributed by atoms with Crippen molar-refractivity contribution in [2.75, 3.05) is 5.73 Å². The highest BCUT2D eigenvalue weighted by Crippen LogP contribution is 2.30. The zero-order valence-corrected chi connectivity index (χ0v) is 13.5. The molecule has 1 saturated carbocycles. The predicted octanol–water partition coefficient (Wildman–Crippen LogP) is 2.54. The molecule has 4 nitrogen and oxygen atoms in total. The van der Waals surface area contributed by atoms with Crippen LogP contribution in [-0.4, -0.2) is 28.4 Å². The monoisotopic (exact) mass is 289 g/mol. The predicted molar refractivity (Wildman–Crippen MR) is 86.8 cm³/mol. The van der Waals surface area contributed by atoms with Gasteiger partial charge in [0, 0.05) is 23.8 Å². The fourth-order valence-electron chi connectivity index (χ4n) is 2.52. The minimum atomic E-state index is -0.197. The molecule has 0 radical (unpaired) electrons. The molecule has 0 heterocycles. The third-order valence-corrected chi connectivity index (χ3v) is 3.71. The van der Waals surface area contributed by atoms with Gasteiger partial charge in [-0.05, 0) is 58.2 Å². The SMILES string of the molecule is CC(C(=O)NC(C)(C)C)N(Cc1cccc(N)c1)C1CC1. The molecule has 1 aliphatic rings. The Morgan fingerprint density at radius 1 is 1.43 bits per heavy atom. The lowest BCUT2D eigenvalue weighted by Gasteiger charge is -2.31. The van der Waals surface area contributed by atoms with Crippen LogP contribution in [0.2, 0.25) is 0 Å². The Morgan fingerprint density at radius 2 is 2.10 bits per heavy atom. The second kappa shape index (κ2) is 6.06. The summed E-state index contributed by atoms with van der Waals surface area (Å²) in [5.74, 6) is 0.0957. The molecule has 3 N–H and O–H groups in total. The van der Waals surface area contributed by atoms with E-state index in [0.717, 1.165) is 17.8 Å². The Hall–Kier alpha value is -1.55. The van der Waals surface area contributed by atoms with E-state index in [1.54, 1.807) is 0 Å². The average Bonchev–Trinajstić information content (AvgIpc) is 3.17. The number of rotatable bonds is 5. The van der Waals surface area contributed by atoms with Crippen LogP contribution in [0.3, 0.4) is 0 Å². The van der Waals surface area contributed by atoms with Crippen molar-refractivity contribution in [1.82, 2.24) is 10.2 Å².